The lowest BCUT2D eigenvalue weighted by Crippen LogP contribution is -2.18. The number of nitrogens with zero attached hydrogens (tertiary/aromatic N) is 3. The first kappa shape index (κ1) is 13.7. The van der Waals surface area contributed by atoms with Gasteiger partial charge in [0.2, 0.25) is 0 Å². The van der Waals surface area contributed by atoms with E-state index in [2.05, 4.69) is 55.1 Å². The summed E-state index contributed by atoms with van der Waals surface area (Å²) in [4.78, 5) is 20.2. The highest BCUT2D eigenvalue weighted by molar-refractivity contribution is 14.1. The van der Waals surface area contributed by atoms with Crippen LogP contribution in [0.5, 0.6) is 0 Å². The van der Waals surface area contributed by atoms with Gasteiger partial charge in [0.15, 0.2) is 5.82 Å². The molecule has 2 aromatic heterocycles. The zero-order valence-corrected chi connectivity index (χ0v) is 14.1. The summed E-state index contributed by atoms with van der Waals surface area (Å²) in [6.45, 7) is 3.74. The molecule has 0 saturated carbocycles. The zero-order chi connectivity index (χ0) is 13.4. The van der Waals surface area contributed by atoms with Gasteiger partial charge in [0.05, 0.1) is 5.56 Å². The Morgan fingerprint density at radius 3 is 2.56 bits per heavy atom. The highest BCUT2D eigenvalue weighted by Gasteiger charge is 2.18. The van der Waals surface area contributed by atoms with E-state index in [4.69, 9.17) is 5.73 Å². The van der Waals surface area contributed by atoms with E-state index < -0.39 is 5.91 Å². The normalized spacial score (nSPS) is 10.7. The second kappa shape index (κ2) is 5.11. The monoisotopic (exact) mass is 468 g/mol. The number of carbonyl (C=O) groups excluding carboxylic acids is 1. The fraction of sp³-hybridized carbons (Fsp3) is 0.182. The van der Waals surface area contributed by atoms with Gasteiger partial charge in [-0.05, 0) is 70.7 Å². The van der Waals surface area contributed by atoms with Crippen LogP contribution >= 0.6 is 45.2 Å². The van der Waals surface area contributed by atoms with Crippen molar-refractivity contribution in [3.63, 3.8) is 0 Å². The van der Waals surface area contributed by atoms with E-state index in [0.29, 0.717) is 11.4 Å². The van der Waals surface area contributed by atoms with Crippen molar-refractivity contribution in [3.8, 4) is 5.82 Å². The first-order valence-corrected chi connectivity index (χ1v) is 7.24. The molecule has 0 aliphatic carbocycles. The maximum Gasteiger partial charge on any atom is 0.252 e. The molecule has 0 fully saturated rings. The maximum atomic E-state index is 11.6. The van der Waals surface area contributed by atoms with Crippen LogP contribution in [-0.2, 0) is 0 Å². The van der Waals surface area contributed by atoms with Crippen molar-refractivity contribution in [3.05, 3.63) is 36.6 Å². The SMILES string of the molecule is Cc1cc(C)c(C(N)=O)c(-n2cnc(I)c2I)n1. The predicted octanol–water partition coefficient (Wildman–Crippen LogP) is 2.19. The lowest BCUT2D eigenvalue weighted by molar-refractivity contribution is 0.0999. The predicted molar refractivity (Wildman–Crippen MR) is 84.8 cm³/mol. The summed E-state index contributed by atoms with van der Waals surface area (Å²) in [6, 6.07) is 1.85. The minimum atomic E-state index is -0.477. The van der Waals surface area contributed by atoms with Gasteiger partial charge in [-0.15, -0.1) is 0 Å². The Kier molecular flexibility index (Phi) is 3.90. The molecule has 0 bridgehead atoms. The number of pyridine rings is 1. The summed E-state index contributed by atoms with van der Waals surface area (Å²) in [5.41, 5.74) is 7.54. The molecule has 18 heavy (non-hydrogen) atoms. The van der Waals surface area contributed by atoms with Gasteiger partial charge < -0.3 is 5.73 Å². The van der Waals surface area contributed by atoms with Crippen molar-refractivity contribution in [2.45, 2.75) is 13.8 Å². The number of rotatable bonds is 2. The number of carbonyl (C=O) groups is 1. The molecule has 0 atom stereocenters. The number of amides is 1. The number of hydrogen-bond acceptors (Lipinski definition) is 3. The van der Waals surface area contributed by atoms with Gasteiger partial charge in [0.25, 0.3) is 5.91 Å². The molecule has 1 amide bonds. The maximum absolute atomic E-state index is 11.6. The number of nitrogens with two attached hydrogens (primary N) is 1. The average Bonchev–Trinajstić information content (AvgIpc) is 2.57. The van der Waals surface area contributed by atoms with Crippen LogP contribution in [0.25, 0.3) is 5.82 Å². The van der Waals surface area contributed by atoms with E-state index in [0.717, 1.165) is 18.7 Å². The van der Waals surface area contributed by atoms with E-state index in [-0.39, 0.29) is 0 Å². The molecular weight excluding hydrogens is 458 g/mol. The smallest absolute Gasteiger partial charge is 0.252 e. The van der Waals surface area contributed by atoms with Crippen LogP contribution in [0.3, 0.4) is 0 Å². The first-order chi connectivity index (χ1) is 8.41. The summed E-state index contributed by atoms with van der Waals surface area (Å²) >= 11 is 4.30. The fourth-order valence-corrected chi connectivity index (χ4v) is 2.63. The third-order valence-electron chi connectivity index (χ3n) is 2.47. The molecule has 7 heteroatoms. The molecule has 0 aromatic carbocycles. The Morgan fingerprint density at radius 2 is 2.06 bits per heavy atom. The third kappa shape index (κ3) is 2.37. The van der Waals surface area contributed by atoms with Crippen molar-refractivity contribution in [1.82, 2.24) is 14.5 Å². The number of aryl methyl sites for hydroxylation is 2. The minimum Gasteiger partial charge on any atom is -0.365 e. The van der Waals surface area contributed by atoms with Crippen molar-refractivity contribution in [2.75, 3.05) is 0 Å². The van der Waals surface area contributed by atoms with Gasteiger partial charge in [0, 0.05) is 5.69 Å². The minimum absolute atomic E-state index is 0.437. The topological polar surface area (TPSA) is 73.8 Å². The second-order valence-corrected chi connectivity index (χ2v) is 5.88. The molecule has 0 aliphatic heterocycles. The lowest BCUT2D eigenvalue weighted by atomic mass is 10.1. The number of imidazole rings is 1. The Balaban J connectivity index is 2.77. The van der Waals surface area contributed by atoms with E-state index in [1.165, 1.54) is 0 Å². The summed E-state index contributed by atoms with van der Waals surface area (Å²) in [7, 11) is 0. The number of hydrogen-bond donors (Lipinski definition) is 1. The van der Waals surface area contributed by atoms with Crippen molar-refractivity contribution in [1.29, 1.82) is 0 Å². The molecule has 0 aliphatic rings. The second-order valence-electron chi connectivity index (χ2n) is 3.84. The van der Waals surface area contributed by atoms with Crippen LogP contribution in [0.15, 0.2) is 12.4 Å². The van der Waals surface area contributed by atoms with Crippen LogP contribution in [0.2, 0.25) is 0 Å². The Morgan fingerprint density at radius 1 is 1.39 bits per heavy atom. The van der Waals surface area contributed by atoms with Gasteiger partial charge in [-0.2, -0.15) is 0 Å². The van der Waals surface area contributed by atoms with Gasteiger partial charge in [-0.3, -0.25) is 9.36 Å². The summed E-state index contributed by atoms with van der Waals surface area (Å²) in [5, 5.41) is 0. The third-order valence-corrected chi connectivity index (χ3v) is 5.32. The average molecular weight is 468 g/mol. The quantitative estimate of drug-likeness (QED) is 0.688. The van der Waals surface area contributed by atoms with Crippen LogP contribution in [0.1, 0.15) is 21.6 Å². The molecule has 2 aromatic rings. The molecule has 2 N–H and O–H groups in total. The Bertz CT molecular complexity index is 636. The first-order valence-electron chi connectivity index (χ1n) is 5.08. The van der Waals surface area contributed by atoms with Gasteiger partial charge >= 0.3 is 0 Å². The Labute approximate surface area is 131 Å². The highest BCUT2D eigenvalue weighted by Crippen LogP contribution is 2.22. The van der Waals surface area contributed by atoms with Crippen molar-refractivity contribution < 1.29 is 4.79 Å². The van der Waals surface area contributed by atoms with Crippen LogP contribution in [0.4, 0.5) is 0 Å². The molecule has 94 valence electrons. The Hall–Kier alpha value is -0.710. The molecule has 2 rings (SSSR count). The van der Waals surface area contributed by atoms with Gasteiger partial charge in [0.1, 0.15) is 13.7 Å². The van der Waals surface area contributed by atoms with Crippen LogP contribution in [-0.4, -0.2) is 20.4 Å². The lowest BCUT2D eigenvalue weighted by Gasteiger charge is -2.11. The number of halogens is 2. The molecule has 2 heterocycles. The molecule has 0 saturated heterocycles. The largest absolute Gasteiger partial charge is 0.365 e. The molecule has 0 radical (unpaired) electrons. The summed E-state index contributed by atoms with van der Waals surface area (Å²) in [5.74, 6) is 0.0642. The van der Waals surface area contributed by atoms with E-state index in [1.807, 2.05) is 19.9 Å². The highest BCUT2D eigenvalue weighted by atomic mass is 127. The standard InChI is InChI=1S/C11H10I2N4O/c1-5-3-6(2)16-11(7(5)10(14)18)17-4-15-8(12)9(17)13/h3-4H,1-2H3,(H2,14,18). The zero-order valence-electron chi connectivity index (χ0n) is 9.74. The van der Waals surface area contributed by atoms with Crippen LogP contribution in [0, 0.1) is 21.2 Å². The van der Waals surface area contributed by atoms with E-state index >= 15 is 0 Å². The van der Waals surface area contributed by atoms with Crippen LogP contribution < -0.4 is 5.73 Å². The summed E-state index contributed by atoms with van der Waals surface area (Å²) in [6.07, 6.45) is 1.65. The molecule has 0 unspecified atom stereocenters. The van der Waals surface area contributed by atoms with E-state index in [1.54, 1.807) is 10.9 Å². The molecule has 5 nitrogen and oxygen atoms in total. The molecule has 0 spiro atoms. The number of primary amides is 1. The van der Waals surface area contributed by atoms with Gasteiger partial charge in [-0.25, -0.2) is 9.97 Å². The summed E-state index contributed by atoms with van der Waals surface area (Å²) < 4.78 is 3.56. The molecular formula is C11H10I2N4O. The van der Waals surface area contributed by atoms with Gasteiger partial charge in [-0.1, -0.05) is 0 Å². The van der Waals surface area contributed by atoms with Crippen molar-refractivity contribution >= 4 is 51.1 Å². The van der Waals surface area contributed by atoms with Crippen molar-refractivity contribution in [2.24, 2.45) is 5.73 Å². The van der Waals surface area contributed by atoms with E-state index in [9.17, 15) is 4.79 Å². The fourth-order valence-electron chi connectivity index (χ4n) is 1.76. The number of aromatic nitrogens is 3.